The van der Waals surface area contributed by atoms with Crippen molar-refractivity contribution >= 4 is 16.9 Å². The van der Waals surface area contributed by atoms with Gasteiger partial charge in [0.2, 0.25) is 6.20 Å². The number of H-pyrrole nitrogens is 1. The number of hydrogen-bond acceptors (Lipinski definition) is 3. The zero-order chi connectivity index (χ0) is 16.4. The number of halogens is 1. The molecule has 0 amide bonds. The van der Waals surface area contributed by atoms with E-state index < -0.39 is 11.8 Å². The molecule has 1 N–H and O–H groups in total. The molecule has 6 heteroatoms. The van der Waals surface area contributed by atoms with Crippen LogP contribution in [0.1, 0.15) is 15.9 Å². The third kappa shape index (κ3) is 2.96. The number of fused-ring (bicyclic) bond motifs is 1. The zero-order valence-electron chi connectivity index (χ0n) is 12.4. The molecule has 2 aromatic carbocycles. The molecular weight excluding hydrogens is 299 g/mol. The standard InChI is InChI=1S/C17H13FN2O3/c1-23-17(22)13-8-11(6-7-14(13)18)9-20-10-16(21)12-4-2-3-5-15(12)19-20/h2-8,10H,9H2,1H3/p+1. The van der Waals surface area contributed by atoms with Crippen LogP contribution >= 0.6 is 0 Å². The molecule has 0 fully saturated rings. The first-order chi connectivity index (χ1) is 11.1. The third-order valence-corrected chi connectivity index (χ3v) is 3.52. The number of aromatic nitrogens is 2. The van der Waals surface area contributed by atoms with Gasteiger partial charge in [0.05, 0.1) is 18.1 Å². The Hall–Kier alpha value is -3.02. The van der Waals surface area contributed by atoms with Gasteiger partial charge in [-0.3, -0.25) is 4.79 Å². The van der Waals surface area contributed by atoms with Crippen LogP contribution in [0.25, 0.3) is 10.9 Å². The predicted molar refractivity (Wildman–Crippen MR) is 81.6 cm³/mol. The molecule has 0 saturated heterocycles. The van der Waals surface area contributed by atoms with Crippen LogP contribution in [-0.4, -0.2) is 18.2 Å². The van der Waals surface area contributed by atoms with Gasteiger partial charge in [-0.2, -0.15) is 5.10 Å². The van der Waals surface area contributed by atoms with Gasteiger partial charge in [-0.05, 0) is 30.3 Å². The Morgan fingerprint density at radius 2 is 2.04 bits per heavy atom. The van der Waals surface area contributed by atoms with Crippen molar-refractivity contribution in [3.63, 3.8) is 0 Å². The van der Waals surface area contributed by atoms with E-state index in [1.54, 1.807) is 28.9 Å². The van der Waals surface area contributed by atoms with E-state index in [1.165, 1.54) is 25.4 Å². The SMILES string of the molecule is COC(=O)c1cc(C[n+]2cc(=O)c3ccccc3[nH]2)ccc1F. The summed E-state index contributed by atoms with van der Waals surface area (Å²) in [5.74, 6) is -1.38. The molecule has 0 spiro atoms. The number of hydrogen-bond donors (Lipinski definition) is 1. The summed E-state index contributed by atoms with van der Waals surface area (Å²) in [6.07, 6.45) is 1.43. The lowest BCUT2D eigenvalue weighted by molar-refractivity contribution is -0.744. The Labute approximate surface area is 130 Å². The second kappa shape index (κ2) is 6.00. The Morgan fingerprint density at radius 1 is 1.26 bits per heavy atom. The molecule has 1 aromatic heterocycles. The van der Waals surface area contributed by atoms with Crippen LogP contribution in [0.15, 0.2) is 53.5 Å². The Morgan fingerprint density at radius 3 is 2.83 bits per heavy atom. The normalized spacial score (nSPS) is 10.7. The molecule has 23 heavy (non-hydrogen) atoms. The zero-order valence-corrected chi connectivity index (χ0v) is 12.4. The maximum Gasteiger partial charge on any atom is 0.340 e. The van der Waals surface area contributed by atoms with Gasteiger partial charge < -0.3 is 4.74 Å². The van der Waals surface area contributed by atoms with Crippen molar-refractivity contribution in [2.45, 2.75) is 6.54 Å². The lowest BCUT2D eigenvalue weighted by Crippen LogP contribution is -2.41. The van der Waals surface area contributed by atoms with Crippen LogP contribution in [0.4, 0.5) is 4.39 Å². The van der Waals surface area contributed by atoms with Gasteiger partial charge in [0.1, 0.15) is 11.3 Å². The molecule has 0 bridgehead atoms. The Balaban J connectivity index is 1.99. The Kier molecular flexibility index (Phi) is 3.89. The lowest BCUT2D eigenvalue weighted by Gasteiger charge is -2.04. The molecule has 3 aromatic rings. The largest absolute Gasteiger partial charge is 0.465 e. The van der Waals surface area contributed by atoms with E-state index in [9.17, 15) is 14.0 Å². The minimum atomic E-state index is -0.735. The van der Waals surface area contributed by atoms with Gasteiger partial charge in [0.15, 0.2) is 6.54 Å². The fraction of sp³-hybridized carbons (Fsp3) is 0.118. The molecule has 0 saturated carbocycles. The molecule has 1 heterocycles. The second-order valence-corrected chi connectivity index (χ2v) is 5.08. The van der Waals surface area contributed by atoms with Crippen LogP contribution in [0.3, 0.4) is 0 Å². The molecule has 0 aliphatic heterocycles. The highest BCUT2D eigenvalue weighted by Crippen LogP contribution is 2.12. The lowest BCUT2D eigenvalue weighted by atomic mass is 10.1. The van der Waals surface area contributed by atoms with Gasteiger partial charge >= 0.3 is 5.97 Å². The molecule has 0 radical (unpaired) electrons. The molecule has 0 aliphatic rings. The number of carbonyl (C=O) groups is 1. The average Bonchev–Trinajstić information content (AvgIpc) is 2.56. The predicted octanol–water partition coefficient (Wildman–Crippen LogP) is 1.79. The molecule has 3 rings (SSSR count). The number of benzene rings is 2. The van der Waals surface area contributed by atoms with E-state index in [1.807, 2.05) is 6.07 Å². The van der Waals surface area contributed by atoms with Crippen molar-refractivity contribution in [2.24, 2.45) is 0 Å². The summed E-state index contributed by atoms with van der Waals surface area (Å²) < 4.78 is 19.8. The van der Waals surface area contributed by atoms with Crippen LogP contribution < -0.4 is 10.1 Å². The molecular formula is C17H14FN2O3+. The number of rotatable bonds is 3. The summed E-state index contributed by atoms with van der Waals surface area (Å²) in [4.78, 5) is 23.6. The van der Waals surface area contributed by atoms with Crippen molar-refractivity contribution in [1.29, 1.82) is 0 Å². The van der Waals surface area contributed by atoms with E-state index in [-0.39, 0.29) is 11.0 Å². The Bertz CT molecular complexity index is 950. The summed E-state index contributed by atoms with van der Waals surface area (Å²) in [6, 6.07) is 11.4. The number of methoxy groups -OCH3 is 1. The van der Waals surface area contributed by atoms with Crippen molar-refractivity contribution in [1.82, 2.24) is 5.10 Å². The van der Waals surface area contributed by atoms with Crippen molar-refractivity contribution in [3.8, 4) is 0 Å². The van der Waals surface area contributed by atoms with Crippen LogP contribution in [-0.2, 0) is 11.3 Å². The minimum absolute atomic E-state index is 0.116. The number of aromatic amines is 1. The minimum Gasteiger partial charge on any atom is -0.465 e. The van der Waals surface area contributed by atoms with Gasteiger partial charge in [-0.25, -0.2) is 9.18 Å². The van der Waals surface area contributed by atoms with Gasteiger partial charge in [-0.1, -0.05) is 12.1 Å². The monoisotopic (exact) mass is 313 g/mol. The highest BCUT2D eigenvalue weighted by Gasteiger charge is 2.15. The van der Waals surface area contributed by atoms with Crippen LogP contribution in [0, 0.1) is 5.82 Å². The number of ether oxygens (including phenoxy) is 1. The first kappa shape index (κ1) is 14.9. The summed E-state index contributed by atoms with van der Waals surface area (Å²) >= 11 is 0. The smallest absolute Gasteiger partial charge is 0.340 e. The summed E-state index contributed by atoms with van der Waals surface area (Å²) in [5, 5.41) is 3.70. The van der Waals surface area contributed by atoms with E-state index >= 15 is 0 Å². The van der Waals surface area contributed by atoms with Crippen molar-refractivity contribution < 1.29 is 18.6 Å². The first-order valence-electron chi connectivity index (χ1n) is 6.97. The highest BCUT2D eigenvalue weighted by molar-refractivity contribution is 5.89. The second-order valence-electron chi connectivity index (χ2n) is 5.08. The third-order valence-electron chi connectivity index (χ3n) is 3.52. The van der Waals surface area contributed by atoms with Gasteiger partial charge in [0, 0.05) is 5.56 Å². The van der Waals surface area contributed by atoms with Crippen LogP contribution in [0.2, 0.25) is 0 Å². The van der Waals surface area contributed by atoms with E-state index in [4.69, 9.17) is 0 Å². The average molecular weight is 313 g/mol. The molecule has 116 valence electrons. The molecule has 0 aliphatic carbocycles. The highest BCUT2D eigenvalue weighted by atomic mass is 19.1. The number of nitrogens with one attached hydrogen (secondary N) is 1. The van der Waals surface area contributed by atoms with Gasteiger partial charge in [-0.15, -0.1) is 4.68 Å². The van der Waals surface area contributed by atoms with Crippen molar-refractivity contribution in [2.75, 3.05) is 7.11 Å². The van der Waals surface area contributed by atoms with Gasteiger partial charge in [0.25, 0.3) is 5.43 Å². The summed E-state index contributed by atoms with van der Waals surface area (Å²) in [5.41, 5.74) is 1.13. The maximum absolute atomic E-state index is 13.7. The number of nitrogens with zero attached hydrogens (tertiary/aromatic N) is 1. The maximum atomic E-state index is 13.7. The molecule has 0 atom stereocenters. The van der Waals surface area contributed by atoms with Crippen molar-refractivity contribution in [3.05, 3.63) is 75.8 Å². The molecule has 5 nitrogen and oxygen atoms in total. The fourth-order valence-electron chi connectivity index (χ4n) is 2.41. The van der Waals surface area contributed by atoms with E-state index in [0.717, 1.165) is 0 Å². The first-order valence-corrected chi connectivity index (χ1v) is 6.97. The fourth-order valence-corrected chi connectivity index (χ4v) is 2.41. The van der Waals surface area contributed by atoms with Crippen LogP contribution in [0.5, 0.6) is 0 Å². The number of carbonyl (C=O) groups excluding carboxylic acids is 1. The topological polar surface area (TPSA) is 63.0 Å². The van der Waals surface area contributed by atoms with E-state index in [2.05, 4.69) is 9.84 Å². The quantitative estimate of drug-likeness (QED) is 0.592. The molecule has 0 unspecified atom stereocenters. The summed E-state index contributed by atoms with van der Waals surface area (Å²) in [6.45, 7) is 0.296. The summed E-state index contributed by atoms with van der Waals surface area (Å²) in [7, 11) is 1.20. The number of para-hydroxylation sites is 1. The van der Waals surface area contributed by atoms with E-state index in [0.29, 0.717) is 23.0 Å². The number of esters is 1.